The van der Waals surface area contributed by atoms with Gasteiger partial charge in [0, 0.05) is 18.1 Å². The van der Waals surface area contributed by atoms with E-state index in [2.05, 4.69) is 34.7 Å². The topological polar surface area (TPSA) is 43.8 Å². The zero-order valence-corrected chi connectivity index (χ0v) is 9.77. The summed E-state index contributed by atoms with van der Waals surface area (Å²) in [6, 6.07) is 6.47. The third kappa shape index (κ3) is 1.99. The van der Waals surface area contributed by atoms with Crippen LogP contribution in [0, 0.1) is 13.8 Å². The maximum atomic E-state index is 5.58. The van der Waals surface area contributed by atoms with Crippen LogP contribution < -0.4 is 5.73 Å². The molecule has 0 radical (unpaired) electrons. The molecule has 1 aromatic heterocycles. The summed E-state index contributed by atoms with van der Waals surface area (Å²) in [5.41, 5.74) is 9.30. The van der Waals surface area contributed by atoms with Gasteiger partial charge in [-0.25, -0.2) is 4.98 Å². The summed E-state index contributed by atoms with van der Waals surface area (Å²) in [6.45, 7) is 4.81. The van der Waals surface area contributed by atoms with E-state index >= 15 is 0 Å². The molecule has 0 saturated carbocycles. The van der Waals surface area contributed by atoms with E-state index in [1.54, 1.807) is 0 Å². The molecule has 0 unspecified atom stereocenters. The highest BCUT2D eigenvalue weighted by atomic mass is 15.1. The molecule has 2 N–H and O–H groups in total. The first-order valence-corrected chi connectivity index (χ1v) is 5.52. The van der Waals surface area contributed by atoms with Crippen LogP contribution in [0.2, 0.25) is 0 Å². The summed E-state index contributed by atoms with van der Waals surface area (Å²) in [4.78, 5) is 4.25. The van der Waals surface area contributed by atoms with E-state index in [1.165, 1.54) is 16.8 Å². The molecular weight excluding hydrogens is 198 g/mol. The quantitative estimate of drug-likeness (QED) is 0.851. The summed E-state index contributed by atoms with van der Waals surface area (Å²) < 4.78 is 2.11. The minimum atomic E-state index is 0.686. The second-order valence-corrected chi connectivity index (χ2v) is 4.00. The van der Waals surface area contributed by atoms with Crippen LogP contribution >= 0.6 is 0 Å². The van der Waals surface area contributed by atoms with Crippen molar-refractivity contribution in [2.75, 3.05) is 6.54 Å². The predicted octanol–water partition coefficient (Wildman–Crippen LogP) is 1.99. The van der Waals surface area contributed by atoms with Crippen molar-refractivity contribution in [3.63, 3.8) is 0 Å². The lowest BCUT2D eigenvalue weighted by Gasteiger charge is -2.10. The van der Waals surface area contributed by atoms with Crippen molar-refractivity contribution in [3.8, 4) is 5.69 Å². The molecule has 0 bridgehead atoms. The number of aromatic nitrogens is 2. The molecule has 0 saturated heterocycles. The van der Waals surface area contributed by atoms with E-state index in [4.69, 9.17) is 5.73 Å². The molecule has 0 aliphatic heterocycles. The molecule has 84 valence electrons. The van der Waals surface area contributed by atoms with Crippen LogP contribution in [0.15, 0.2) is 30.6 Å². The summed E-state index contributed by atoms with van der Waals surface area (Å²) in [6.07, 6.45) is 4.73. The molecule has 2 aromatic rings. The van der Waals surface area contributed by atoms with Crippen molar-refractivity contribution in [2.45, 2.75) is 20.3 Å². The standard InChI is InChI=1S/C13H17N3/c1-10-3-4-12(5-6-14)9-13(10)16-8-7-15-11(16)2/h3-4,7-9H,5-6,14H2,1-2H3. The number of nitrogens with two attached hydrogens (primary N) is 1. The SMILES string of the molecule is Cc1ccc(CCN)cc1-n1ccnc1C. The number of hydrogen-bond donors (Lipinski definition) is 1. The Balaban J connectivity index is 2.47. The van der Waals surface area contributed by atoms with E-state index in [0.29, 0.717) is 6.54 Å². The fourth-order valence-corrected chi connectivity index (χ4v) is 1.87. The summed E-state index contributed by atoms with van der Waals surface area (Å²) in [5.74, 6) is 1.01. The number of rotatable bonds is 3. The highest BCUT2D eigenvalue weighted by Gasteiger charge is 2.04. The normalized spacial score (nSPS) is 10.7. The highest BCUT2D eigenvalue weighted by Crippen LogP contribution is 2.17. The molecule has 0 atom stereocenters. The minimum Gasteiger partial charge on any atom is -0.330 e. The molecule has 0 aliphatic carbocycles. The third-order valence-corrected chi connectivity index (χ3v) is 2.79. The summed E-state index contributed by atoms with van der Waals surface area (Å²) in [5, 5.41) is 0. The lowest BCUT2D eigenvalue weighted by molar-refractivity contribution is 0.937. The Bertz CT molecular complexity index is 486. The average Bonchev–Trinajstić information content (AvgIpc) is 2.68. The van der Waals surface area contributed by atoms with E-state index in [1.807, 2.05) is 19.3 Å². The van der Waals surface area contributed by atoms with Gasteiger partial charge < -0.3 is 10.3 Å². The van der Waals surface area contributed by atoms with Crippen LogP contribution in [0.4, 0.5) is 0 Å². The van der Waals surface area contributed by atoms with Gasteiger partial charge in [0.15, 0.2) is 0 Å². The van der Waals surface area contributed by atoms with E-state index in [0.717, 1.165) is 12.2 Å². The maximum Gasteiger partial charge on any atom is 0.110 e. The van der Waals surface area contributed by atoms with E-state index < -0.39 is 0 Å². The van der Waals surface area contributed by atoms with Gasteiger partial charge in [-0.1, -0.05) is 12.1 Å². The Morgan fingerprint density at radius 1 is 1.31 bits per heavy atom. The lowest BCUT2D eigenvalue weighted by atomic mass is 10.1. The zero-order valence-electron chi connectivity index (χ0n) is 9.77. The minimum absolute atomic E-state index is 0.686. The fraction of sp³-hybridized carbons (Fsp3) is 0.308. The second kappa shape index (κ2) is 4.49. The van der Waals surface area contributed by atoms with Gasteiger partial charge in [-0.2, -0.15) is 0 Å². The molecule has 0 amide bonds. The van der Waals surface area contributed by atoms with Crippen molar-refractivity contribution in [2.24, 2.45) is 5.73 Å². The van der Waals surface area contributed by atoms with Gasteiger partial charge in [0.1, 0.15) is 5.82 Å². The fourth-order valence-electron chi connectivity index (χ4n) is 1.87. The molecular formula is C13H17N3. The third-order valence-electron chi connectivity index (χ3n) is 2.79. The first kappa shape index (κ1) is 10.9. The largest absolute Gasteiger partial charge is 0.330 e. The van der Waals surface area contributed by atoms with Crippen molar-refractivity contribution < 1.29 is 0 Å². The number of nitrogens with zero attached hydrogens (tertiary/aromatic N) is 2. The molecule has 1 heterocycles. The molecule has 2 rings (SSSR count). The molecule has 0 spiro atoms. The van der Waals surface area contributed by atoms with Crippen LogP contribution in [0.5, 0.6) is 0 Å². The first-order valence-electron chi connectivity index (χ1n) is 5.52. The second-order valence-electron chi connectivity index (χ2n) is 4.00. The van der Waals surface area contributed by atoms with E-state index in [-0.39, 0.29) is 0 Å². The molecule has 3 nitrogen and oxygen atoms in total. The van der Waals surface area contributed by atoms with Crippen LogP contribution in [0.25, 0.3) is 5.69 Å². The molecule has 0 fully saturated rings. The van der Waals surface area contributed by atoms with E-state index in [9.17, 15) is 0 Å². The highest BCUT2D eigenvalue weighted by molar-refractivity contribution is 5.44. The van der Waals surface area contributed by atoms with Gasteiger partial charge in [-0.15, -0.1) is 0 Å². The molecule has 3 heteroatoms. The van der Waals surface area contributed by atoms with Gasteiger partial charge in [-0.3, -0.25) is 0 Å². The Morgan fingerprint density at radius 3 is 2.75 bits per heavy atom. The van der Waals surface area contributed by atoms with Gasteiger partial charge in [-0.05, 0) is 44.0 Å². The predicted molar refractivity (Wildman–Crippen MR) is 65.8 cm³/mol. The van der Waals surface area contributed by atoms with Gasteiger partial charge in [0.05, 0.1) is 0 Å². The van der Waals surface area contributed by atoms with Crippen molar-refractivity contribution >= 4 is 0 Å². The van der Waals surface area contributed by atoms with Crippen LogP contribution in [-0.4, -0.2) is 16.1 Å². The van der Waals surface area contributed by atoms with Gasteiger partial charge in [0.2, 0.25) is 0 Å². The number of imidazole rings is 1. The first-order chi connectivity index (χ1) is 7.72. The van der Waals surface area contributed by atoms with Crippen LogP contribution in [-0.2, 0) is 6.42 Å². The van der Waals surface area contributed by atoms with Crippen LogP contribution in [0.3, 0.4) is 0 Å². The van der Waals surface area contributed by atoms with Gasteiger partial charge >= 0.3 is 0 Å². The Hall–Kier alpha value is -1.61. The molecule has 0 aliphatic rings. The number of benzene rings is 1. The molecule has 1 aromatic carbocycles. The summed E-state index contributed by atoms with van der Waals surface area (Å²) >= 11 is 0. The average molecular weight is 215 g/mol. The van der Waals surface area contributed by atoms with Crippen LogP contribution in [0.1, 0.15) is 17.0 Å². The van der Waals surface area contributed by atoms with Gasteiger partial charge in [0.25, 0.3) is 0 Å². The van der Waals surface area contributed by atoms with Crippen molar-refractivity contribution in [3.05, 3.63) is 47.5 Å². The maximum absolute atomic E-state index is 5.58. The zero-order chi connectivity index (χ0) is 11.5. The lowest BCUT2D eigenvalue weighted by Crippen LogP contribution is -2.05. The Kier molecular flexibility index (Phi) is 3.06. The van der Waals surface area contributed by atoms with Crippen molar-refractivity contribution in [1.82, 2.24) is 9.55 Å². The van der Waals surface area contributed by atoms with Crippen molar-refractivity contribution in [1.29, 1.82) is 0 Å². The Labute approximate surface area is 95.9 Å². The summed E-state index contributed by atoms with van der Waals surface area (Å²) in [7, 11) is 0. The smallest absolute Gasteiger partial charge is 0.110 e. The monoisotopic (exact) mass is 215 g/mol. The number of hydrogen-bond acceptors (Lipinski definition) is 2. The molecule has 16 heavy (non-hydrogen) atoms. The Morgan fingerprint density at radius 2 is 2.12 bits per heavy atom. The number of aryl methyl sites for hydroxylation is 2.